The highest BCUT2D eigenvalue weighted by Gasteiger charge is 2.03. The molecule has 5 heteroatoms. The molecule has 1 unspecified atom stereocenters. The number of rotatable bonds is 4. The van der Waals surface area contributed by atoms with Crippen LogP contribution in [0.15, 0.2) is 36.5 Å². The largest absolute Gasteiger partial charge is 0.475 e. The van der Waals surface area contributed by atoms with Gasteiger partial charge in [-0.25, -0.2) is 4.68 Å². The van der Waals surface area contributed by atoms with Gasteiger partial charge in [0.25, 0.3) is 0 Å². The number of ether oxygens (including phenoxy) is 1. The summed E-state index contributed by atoms with van der Waals surface area (Å²) in [7, 11) is 0. The van der Waals surface area contributed by atoms with Crippen molar-refractivity contribution in [2.24, 2.45) is 5.73 Å². The van der Waals surface area contributed by atoms with Gasteiger partial charge in [-0.3, -0.25) is 0 Å². The summed E-state index contributed by atoms with van der Waals surface area (Å²) in [6, 6.07) is 9.23. The van der Waals surface area contributed by atoms with Crippen LogP contribution in [-0.4, -0.2) is 22.4 Å². The van der Waals surface area contributed by atoms with E-state index in [0.717, 1.165) is 5.69 Å². The molecule has 0 saturated heterocycles. The lowest BCUT2D eigenvalue weighted by molar-refractivity contribution is 0.283. The molecule has 0 aliphatic carbocycles. The fourth-order valence-corrected chi connectivity index (χ4v) is 1.46. The molecule has 2 aromatic rings. The van der Waals surface area contributed by atoms with E-state index in [1.54, 1.807) is 10.7 Å². The molecule has 2 rings (SSSR count). The second-order valence-electron chi connectivity index (χ2n) is 3.86. The molecule has 4 nitrogen and oxygen atoms in total. The molecule has 0 aliphatic heterocycles. The van der Waals surface area contributed by atoms with Gasteiger partial charge in [0.15, 0.2) is 0 Å². The number of nitrogens with zero attached hydrogens (tertiary/aromatic N) is 2. The molecular weight excluding hydrogens is 238 g/mol. The average molecular weight is 252 g/mol. The van der Waals surface area contributed by atoms with Gasteiger partial charge in [-0.15, -0.1) is 5.10 Å². The molecule has 90 valence electrons. The minimum Gasteiger partial charge on any atom is -0.475 e. The second kappa shape index (κ2) is 5.21. The van der Waals surface area contributed by atoms with Crippen molar-refractivity contribution >= 4 is 11.6 Å². The zero-order valence-electron chi connectivity index (χ0n) is 9.51. The summed E-state index contributed by atoms with van der Waals surface area (Å²) in [6.07, 6.45) is 1.83. The van der Waals surface area contributed by atoms with Crippen LogP contribution in [0.5, 0.6) is 5.88 Å². The fourth-order valence-electron chi connectivity index (χ4n) is 1.34. The van der Waals surface area contributed by atoms with Gasteiger partial charge in [-0.2, -0.15) is 0 Å². The Morgan fingerprint density at radius 2 is 2.06 bits per heavy atom. The van der Waals surface area contributed by atoms with Crippen LogP contribution in [0.1, 0.15) is 6.92 Å². The van der Waals surface area contributed by atoms with E-state index in [4.69, 9.17) is 22.1 Å². The van der Waals surface area contributed by atoms with Crippen molar-refractivity contribution in [3.8, 4) is 11.6 Å². The van der Waals surface area contributed by atoms with Crippen LogP contribution < -0.4 is 10.5 Å². The van der Waals surface area contributed by atoms with E-state index in [2.05, 4.69) is 5.10 Å². The summed E-state index contributed by atoms with van der Waals surface area (Å²) in [6.45, 7) is 2.34. The third-order valence-electron chi connectivity index (χ3n) is 2.15. The first-order valence-electron chi connectivity index (χ1n) is 5.35. The fraction of sp³-hybridized carbons (Fsp3) is 0.250. The number of nitrogens with two attached hydrogens (primary N) is 1. The molecule has 1 atom stereocenters. The van der Waals surface area contributed by atoms with E-state index in [9.17, 15) is 0 Å². The smallest absolute Gasteiger partial charge is 0.233 e. The third kappa shape index (κ3) is 3.22. The molecule has 0 saturated carbocycles. The number of benzene rings is 1. The van der Waals surface area contributed by atoms with Gasteiger partial charge in [-0.05, 0) is 31.2 Å². The Bertz CT molecular complexity index is 479. The highest BCUT2D eigenvalue weighted by Crippen LogP contribution is 2.15. The van der Waals surface area contributed by atoms with Crippen LogP contribution in [0.25, 0.3) is 5.69 Å². The van der Waals surface area contributed by atoms with Crippen LogP contribution in [0.3, 0.4) is 0 Å². The first-order valence-corrected chi connectivity index (χ1v) is 5.73. The van der Waals surface area contributed by atoms with Crippen LogP contribution >= 0.6 is 11.6 Å². The van der Waals surface area contributed by atoms with Crippen LogP contribution in [0.2, 0.25) is 5.02 Å². The van der Waals surface area contributed by atoms with Crippen molar-refractivity contribution < 1.29 is 4.74 Å². The zero-order valence-corrected chi connectivity index (χ0v) is 10.3. The molecule has 0 spiro atoms. The van der Waals surface area contributed by atoms with Gasteiger partial charge in [0.2, 0.25) is 5.88 Å². The molecule has 0 bridgehead atoms. The predicted octanol–water partition coefficient (Wildman–Crippen LogP) is 2.25. The molecular formula is C12H14ClN3O. The minimum atomic E-state index is -0.00400. The van der Waals surface area contributed by atoms with Gasteiger partial charge >= 0.3 is 0 Å². The molecule has 1 aromatic heterocycles. The maximum atomic E-state index is 5.82. The lowest BCUT2D eigenvalue weighted by Crippen LogP contribution is -2.23. The van der Waals surface area contributed by atoms with Crippen molar-refractivity contribution in [2.75, 3.05) is 6.61 Å². The summed E-state index contributed by atoms with van der Waals surface area (Å²) >= 11 is 5.82. The van der Waals surface area contributed by atoms with E-state index in [0.29, 0.717) is 17.5 Å². The van der Waals surface area contributed by atoms with Gasteiger partial charge in [0.05, 0.1) is 5.69 Å². The number of aromatic nitrogens is 2. The minimum absolute atomic E-state index is 0.00400. The summed E-state index contributed by atoms with van der Waals surface area (Å²) in [4.78, 5) is 0. The lowest BCUT2D eigenvalue weighted by Gasteiger charge is -2.05. The molecule has 2 N–H and O–H groups in total. The summed E-state index contributed by atoms with van der Waals surface area (Å²) in [5.41, 5.74) is 6.54. The Balaban J connectivity index is 2.10. The first kappa shape index (κ1) is 12.0. The Hall–Kier alpha value is -1.52. The molecule has 17 heavy (non-hydrogen) atoms. The number of halogens is 1. The van der Waals surface area contributed by atoms with Crippen molar-refractivity contribution in [3.63, 3.8) is 0 Å². The van der Waals surface area contributed by atoms with Crippen LogP contribution in [-0.2, 0) is 0 Å². The maximum absolute atomic E-state index is 5.82. The van der Waals surface area contributed by atoms with Gasteiger partial charge in [0, 0.05) is 23.3 Å². The zero-order chi connectivity index (χ0) is 12.3. The van der Waals surface area contributed by atoms with E-state index in [1.807, 2.05) is 37.4 Å². The van der Waals surface area contributed by atoms with E-state index in [1.165, 1.54) is 0 Å². The van der Waals surface area contributed by atoms with Gasteiger partial charge < -0.3 is 10.5 Å². The predicted molar refractivity (Wildman–Crippen MR) is 67.7 cm³/mol. The van der Waals surface area contributed by atoms with Crippen molar-refractivity contribution in [1.82, 2.24) is 9.78 Å². The van der Waals surface area contributed by atoms with E-state index in [-0.39, 0.29) is 6.04 Å². The third-order valence-corrected chi connectivity index (χ3v) is 2.40. The SMILES string of the molecule is CC(N)COc1ccn(-c2ccc(Cl)cc2)n1. The Kier molecular flexibility index (Phi) is 3.66. The highest BCUT2D eigenvalue weighted by atomic mass is 35.5. The molecule has 0 amide bonds. The van der Waals surface area contributed by atoms with Crippen molar-refractivity contribution in [2.45, 2.75) is 13.0 Å². The maximum Gasteiger partial charge on any atom is 0.233 e. The van der Waals surface area contributed by atoms with Crippen LogP contribution in [0, 0.1) is 0 Å². The normalized spacial score (nSPS) is 12.4. The molecule has 0 fully saturated rings. The summed E-state index contributed by atoms with van der Waals surface area (Å²) in [5, 5.41) is 4.98. The Morgan fingerprint density at radius 3 is 2.71 bits per heavy atom. The Morgan fingerprint density at radius 1 is 1.35 bits per heavy atom. The average Bonchev–Trinajstić information content (AvgIpc) is 2.76. The van der Waals surface area contributed by atoms with Crippen molar-refractivity contribution in [1.29, 1.82) is 0 Å². The first-order chi connectivity index (χ1) is 8.15. The monoisotopic (exact) mass is 251 g/mol. The highest BCUT2D eigenvalue weighted by molar-refractivity contribution is 6.30. The second-order valence-corrected chi connectivity index (χ2v) is 4.30. The summed E-state index contributed by atoms with van der Waals surface area (Å²) in [5.74, 6) is 0.567. The quantitative estimate of drug-likeness (QED) is 0.907. The standard InChI is InChI=1S/C12H14ClN3O/c1-9(14)8-17-12-6-7-16(15-12)11-4-2-10(13)3-5-11/h2-7,9H,8,14H2,1H3. The summed E-state index contributed by atoms with van der Waals surface area (Å²) < 4.78 is 7.14. The molecule has 0 radical (unpaired) electrons. The van der Waals surface area contributed by atoms with E-state index < -0.39 is 0 Å². The van der Waals surface area contributed by atoms with Crippen LogP contribution in [0.4, 0.5) is 0 Å². The molecule has 0 aliphatic rings. The van der Waals surface area contributed by atoms with Crippen molar-refractivity contribution in [3.05, 3.63) is 41.6 Å². The Labute approximate surface area is 105 Å². The van der Waals surface area contributed by atoms with Gasteiger partial charge in [-0.1, -0.05) is 11.6 Å². The number of hydrogen-bond acceptors (Lipinski definition) is 3. The van der Waals surface area contributed by atoms with E-state index >= 15 is 0 Å². The van der Waals surface area contributed by atoms with Gasteiger partial charge in [0.1, 0.15) is 6.61 Å². The molecule has 1 aromatic carbocycles. The topological polar surface area (TPSA) is 53.1 Å². The lowest BCUT2D eigenvalue weighted by atomic mass is 10.3. The number of hydrogen-bond donors (Lipinski definition) is 1. The molecule has 1 heterocycles.